The lowest BCUT2D eigenvalue weighted by atomic mass is 9.82. The van der Waals surface area contributed by atoms with Crippen molar-refractivity contribution in [2.75, 3.05) is 33.9 Å². The molecule has 2 aliphatic heterocycles. The summed E-state index contributed by atoms with van der Waals surface area (Å²) in [4.78, 5) is 5.46. The van der Waals surface area contributed by atoms with Gasteiger partial charge in [-0.05, 0) is 49.1 Å². The van der Waals surface area contributed by atoms with Gasteiger partial charge in [0.2, 0.25) is 0 Å². The highest BCUT2D eigenvalue weighted by Crippen LogP contribution is 2.38. The second kappa shape index (κ2) is 10.2. The van der Waals surface area contributed by atoms with Crippen LogP contribution in [0.5, 0.6) is 11.5 Å². The summed E-state index contributed by atoms with van der Waals surface area (Å²) in [6, 6.07) is 27.5. The molecule has 4 heteroatoms. The minimum Gasteiger partial charge on any atom is -0.496 e. The lowest BCUT2D eigenvalue weighted by Gasteiger charge is -2.47. The molecule has 178 valence electrons. The third kappa shape index (κ3) is 4.57. The summed E-state index contributed by atoms with van der Waals surface area (Å²) in [6.07, 6.45) is 2.57. The van der Waals surface area contributed by atoms with Gasteiger partial charge in [0.15, 0.2) is 0 Å². The molecule has 0 bridgehead atoms. The van der Waals surface area contributed by atoms with E-state index in [-0.39, 0.29) is 0 Å². The van der Waals surface area contributed by atoms with E-state index in [1.54, 1.807) is 14.2 Å². The first-order valence-corrected chi connectivity index (χ1v) is 12.5. The molecule has 0 aliphatic carbocycles. The summed E-state index contributed by atoms with van der Waals surface area (Å²) in [5.41, 5.74) is 5.20. The summed E-state index contributed by atoms with van der Waals surface area (Å²) in [7, 11) is 3.48. The van der Waals surface area contributed by atoms with Gasteiger partial charge in [-0.3, -0.25) is 9.80 Å². The third-order valence-electron chi connectivity index (χ3n) is 7.66. The Morgan fingerprint density at radius 2 is 1.50 bits per heavy atom. The van der Waals surface area contributed by atoms with Crippen LogP contribution in [0, 0.1) is 6.92 Å². The molecule has 2 fully saturated rings. The average Bonchev–Trinajstić information content (AvgIpc) is 3.35. The Morgan fingerprint density at radius 1 is 0.853 bits per heavy atom. The van der Waals surface area contributed by atoms with E-state index >= 15 is 0 Å². The normalized spacial score (nSPS) is 20.9. The summed E-state index contributed by atoms with van der Waals surface area (Å²) in [5.74, 6) is 2.15. The Labute approximate surface area is 204 Å². The predicted molar refractivity (Wildman–Crippen MR) is 138 cm³/mol. The second-order valence-electron chi connectivity index (χ2n) is 9.73. The fourth-order valence-corrected chi connectivity index (χ4v) is 6.12. The highest BCUT2D eigenvalue weighted by atomic mass is 16.5. The minimum absolute atomic E-state index is 0.352. The highest BCUT2D eigenvalue weighted by molar-refractivity contribution is 5.46. The van der Waals surface area contributed by atoms with Crippen molar-refractivity contribution in [1.29, 1.82) is 0 Å². The molecule has 0 radical (unpaired) electrons. The maximum Gasteiger partial charge on any atom is 0.127 e. The first kappa shape index (κ1) is 22.9. The summed E-state index contributed by atoms with van der Waals surface area (Å²) >= 11 is 0. The first-order valence-electron chi connectivity index (χ1n) is 12.5. The molecule has 0 amide bonds. The smallest absolute Gasteiger partial charge is 0.127 e. The average molecular weight is 457 g/mol. The van der Waals surface area contributed by atoms with Gasteiger partial charge < -0.3 is 9.47 Å². The quantitative estimate of drug-likeness (QED) is 0.469. The number of rotatable bonds is 7. The van der Waals surface area contributed by atoms with E-state index in [0.717, 1.165) is 36.7 Å². The molecule has 0 unspecified atom stereocenters. The van der Waals surface area contributed by atoms with Crippen LogP contribution in [-0.2, 0) is 6.54 Å². The number of nitrogens with zero attached hydrogens (tertiary/aromatic N) is 2. The van der Waals surface area contributed by atoms with E-state index in [4.69, 9.17) is 9.47 Å². The number of piperazine rings is 1. The van der Waals surface area contributed by atoms with Crippen LogP contribution in [0.15, 0.2) is 72.8 Å². The largest absolute Gasteiger partial charge is 0.496 e. The molecule has 2 aliphatic rings. The van der Waals surface area contributed by atoms with Crippen molar-refractivity contribution in [2.45, 2.75) is 44.3 Å². The zero-order valence-corrected chi connectivity index (χ0v) is 20.6. The summed E-state index contributed by atoms with van der Waals surface area (Å²) < 4.78 is 11.3. The predicted octanol–water partition coefficient (Wildman–Crippen LogP) is 5.49. The van der Waals surface area contributed by atoms with Gasteiger partial charge in [-0.1, -0.05) is 60.7 Å². The van der Waals surface area contributed by atoms with Crippen LogP contribution in [0.3, 0.4) is 0 Å². The SMILES string of the molecule is COc1cc(OC)c(CN2C[C@@H]3CCCN3[C@H](C(c3ccccc3)c3ccccc3)C2)cc1C. The highest BCUT2D eigenvalue weighted by Gasteiger charge is 2.41. The van der Waals surface area contributed by atoms with Crippen molar-refractivity contribution >= 4 is 0 Å². The van der Waals surface area contributed by atoms with Gasteiger partial charge in [-0.2, -0.15) is 0 Å². The van der Waals surface area contributed by atoms with Gasteiger partial charge in [0, 0.05) is 49.3 Å². The van der Waals surface area contributed by atoms with E-state index in [9.17, 15) is 0 Å². The van der Waals surface area contributed by atoms with Crippen LogP contribution < -0.4 is 9.47 Å². The van der Waals surface area contributed by atoms with Crippen molar-refractivity contribution in [2.24, 2.45) is 0 Å². The standard InChI is InChI=1S/C30H36N2O2/c1-22-17-25(29(34-3)18-28(22)33-2)19-31-20-26-15-10-16-32(26)27(21-31)30(23-11-6-4-7-12-23)24-13-8-5-9-14-24/h4-9,11-14,17-18,26-27,30H,10,15-16,19-21H2,1-3H3/t26-,27-/m0/s1. The number of aryl methyl sites for hydroxylation is 1. The van der Waals surface area contributed by atoms with Crippen molar-refractivity contribution < 1.29 is 9.47 Å². The van der Waals surface area contributed by atoms with Crippen LogP contribution >= 0.6 is 0 Å². The van der Waals surface area contributed by atoms with Gasteiger partial charge in [-0.15, -0.1) is 0 Å². The van der Waals surface area contributed by atoms with Gasteiger partial charge in [0.1, 0.15) is 11.5 Å². The van der Waals surface area contributed by atoms with E-state index in [2.05, 4.69) is 83.5 Å². The van der Waals surface area contributed by atoms with E-state index < -0.39 is 0 Å². The molecule has 34 heavy (non-hydrogen) atoms. The Bertz CT molecular complexity index is 1050. The first-order chi connectivity index (χ1) is 16.7. The van der Waals surface area contributed by atoms with Gasteiger partial charge >= 0.3 is 0 Å². The minimum atomic E-state index is 0.352. The molecule has 0 saturated carbocycles. The van der Waals surface area contributed by atoms with Crippen molar-refractivity contribution in [3.8, 4) is 11.5 Å². The second-order valence-corrected chi connectivity index (χ2v) is 9.73. The van der Waals surface area contributed by atoms with E-state index in [1.807, 2.05) is 6.07 Å². The van der Waals surface area contributed by atoms with Crippen LogP contribution in [0.1, 0.15) is 41.0 Å². The zero-order valence-electron chi connectivity index (χ0n) is 20.6. The van der Waals surface area contributed by atoms with E-state index in [1.165, 1.54) is 36.1 Å². The number of hydrogen-bond acceptors (Lipinski definition) is 4. The van der Waals surface area contributed by atoms with Crippen molar-refractivity contribution in [1.82, 2.24) is 9.80 Å². The van der Waals surface area contributed by atoms with Crippen LogP contribution in [0.2, 0.25) is 0 Å². The molecule has 0 spiro atoms. The van der Waals surface area contributed by atoms with Crippen molar-refractivity contribution in [3.05, 3.63) is 95.1 Å². The Hall–Kier alpha value is -2.82. The molecule has 2 saturated heterocycles. The molecule has 0 aromatic heterocycles. The van der Waals surface area contributed by atoms with Crippen molar-refractivity contribution in [3.63, 3.8) is 0 Å². The van der Waals surface area contributed by atoms with Crippen LogP contribution in [0.25, 0.3) is 0 Å². The molecule has 3 aromatic rings. The number of methoxy groups -OCH3 is 2. The number of fused-ring (bicyclic) bond motifs is 1. The Kier molecular flexibility index (Phi) is 6.89. The van der Waals surface area contributed by atoms with E-state index in [0.29, 0.717) is 18.0 Å². The molecule has 3 aromatic carbocycles. The fraction of sp³-hybridized carbons (Fsp3) is 0.400. The molecule has 5 rings (SSSR count). The van der Waals surface area contributed by atoms with Crippen LogP contribution in [0.4, 0.5) is 0 Å². The topological polar surface area (TPSA) is 24.9 Å². The van der Waals surface area contributed by atoms with Gasteiger partial charge in [-0.25, -0.2) is 0 Å². The maximum atomic E-state index is 5.77. The lowest BCUT2D eigenvalue weighted by Crippen LogP contribution is -2.57. The number of benzene rings is 3. The zero-order chi connectivity index (χ0) is 23.5. The molecule has 2 heterocycles. The molecule has 4 nitrogen and oxygen atoms in total. The number of hydrogen-bond donors (Lipinski definition) is 0. The maximum absolute atomic E-state index is 5.77. The molecular weight excluding hydrogens is 420 g/mol. The number of ether oxygens (including phenoxy) is 2. The Balaban J connectivity index is 1.48. The Morgan fingerprint density at radius 3 is 2.12 bits per heavy atom. The summed E-state index contributed by atoms with van der Waals surface area (Å²) in [5, 5.41) is 0. The van der Waals surface area contributed by atoms with Gasteiger partial charge in [0.25, 0.3) is 0 Å². The lowest BCUT2D eigenvalue weighted by molar-refractivity contribution is 0.0380. The molecule has 0 N–H and O–H groups in total. The molecule has 2 atom stereocenters. The van der Waals surface area contributed by atoms with Gasteiger partial charge in [0.05, 0.1) is 14.2 Å². The molecular formula is C30H36N2O2. The fourth-order valence-electron chi connectivity index (χ4n) is 6.12. The summed E-state index contributed by atoms with van der Waals surface area (Å²) in [6.45, 7) is 6.36. The van der Waals surface area contributed by atoms with Crippen LogP contribution in [-0.4, -0.2) is 55.7 Å². The monoisotopic (exact) mass is 456 g/mol. The third-order valence-corrected chi connectivity index (χ3v) is 7.66.